The maximum absolute atomic E-state index is 4.29. The molecule has 0 aliphatic rings. The van der Waals surface area contributed by atoms with Crippen molar-refractivity contribution in [3.05, 3.63) is 60.4 Å². The smallest absolute Gasteiger partial charge is 0.139 e. The molecule has 1 aromatic carbocycles. The first-order valence-corrected chi connectivity index (χ1v) is 6.08. The van der Waals surface area contributed by atoms with E-state index in [4.69, 9.17) is 0 Å². The molecule has 18 heavy (non-hydrogen) atoms. The lowest BCUT2D eigenvalue weighted by Gasteiger charge is -2.16. The van der Waals surface area contributed by atoms with Crippen molar-refractivity contribution in [2.45, 2.75) is 13.0 Å². The highest BCUT2D eigenvalue weighted by atomic mass is 14.9. The van der Waals surface area contributed by atoms with Crippen molar-refractivity contribution < 1.29 is 0 Å². The highest BCUT2D eigenvalue weighted by Gasteiger charge is 2.07. The zero-order valence-electron chi connectivity index (χ0n) is 10.2. The topological polar surface area (TPSA) is 40.7 Å². The Bertz CT molecular complexity index is 643. The van der Waals surface area contributed by atoms with Gasteiger partial charge in [-0.2, -0.15) is 0 Å². The highest BCUT2D eigenvalue weighted by molar-refractivity contribution is 5.89. The first-order chi connectivity index (χ1) is 8.84. The minimum Gasteiger partial charge on any atom is -0.378 e. The molecule has 2 aromatic heterocycles. The third kappa shape index (κ3) is 1.95. The Morgan fingerprint density at radius 3 is 2.78 bits per heavy atom. The van der Waals surface area contributed by atoms with Crippen LogP contribution < -0.4 is 5.32 Å². The van der Waals surface area contributed by atoms with Crippen LogP contribution in [0.4, 0.5) is 5.69 Å². The summed E-state index contributed by atoms with van der Waals surface area (Å²) >= 11 is 0. The van der Waals surface area contributed by atoms with Gasteiger partial charge in [0.15, 0.2) is 0 Å². The fourth-order valence-electron chi connectivity index (χ4n) is 2.15. The second kappa shape index (κ2) is 4.53. The maximum atomic E-state index is 4.29. The molecule has 0 saturated heterocycles. The number of hydrogen-bond acceptors (Lipinski definition) is 2. The third-order valence-corrected chi connectivity index (χ3v) is 3.13. The minimum atomic E-state index is 0.270. The Balaban J connectivity index is 1.91. The molecular formula is C15H15N3. The largest absolute Gasteiger partial charge is 0.378 e. The standard InChI is InChI=1S/C15H15N3/c1-11(12-5-3-2-4-6-12)18-14-8-10-17-15-13(14)7-9-16-15/h2-11H,1H3,(H2,16,17,18)/t11-/m1/s1. The maximum Gasteiger partial charge on any atom is 0.139 e. The summed E-state index contributed by atoms with van der Waals surface area (Å²) in [6, 6.07) is 14.7. The number of hydrogen-bond donors (Lipinski definition) is 2. The van der Waals surface area contributed by atoms with Crippen LogP contribution in [0, 0.1) is 0 Å². The van der Waals surface area contributed by atoms with Crippen molar-refractivity contribution in [2.75, 3.05) is 5.32 Å². The predicted molar refractivity (Wildman–Crippen MR) is 74.6 cm³/mol. The number of nitrogens with zero attached hydrogens (tertiary/aromatic N) is 1. The van der Waals surface area contributed by atoms with E-state index >= 15 is 0 Å². The average molecular weight is 237 g/mol. The second-order valence-corrected chi connectivity index (χ2v) is 4.38. The van der Waals surface area contributed by atoms with Gasteiger partial charge in [-0.25, -0.2) is 4.98 Å². The number of pyridine rings is 1. The van der Waals surface area contributed by atoms with Gasteiger partial charge in [-0.05, 0) is 24.6 Å². The lowest BCUT2D eigenvalue weighted by molar-refractivity contribution is 0.886. The Kier molecular flexibility index (Phi) is 2.73. The third-order valence-electron chi connectivity index (χ3n) is 3.13. The lowest BCUT2D eigenvalue weighted by Crippen LogP contribution is -2.06. The quantitative estimate of drug-likeness (QED) is 0.728. The van der Waals surface area contributed by atoms with E-state index in [2.05, 4.69) is 46.5 Å². The lowest BCUT2D eigenvalue weighted by atomic mass is 10.1. The minimum absolute atomic E-state index is 0.270. The van der Waals surface area contributed by atoms with Crippen LogP contribution in [-0.2, 0) is 0 Å². The molecule has 2 heterocycles. The molecule has 2 N–H and O–H groups in total. The zero-order valence-corrected chi connectivity index (χ0v) is 10.2. The first-order valence-electron chi connectivity index (χ1n) is 6.08. The molecule has 3 nitrogen and oxygen atoms in total. The van der Waals surface area contributed by atoms with Crippen LogP contribution in [0.1, 0.15) is 18.5 Å². The van der Waals surface area contributed by atoms with Crippen LogP contribution in [0.3, 0.4) is 0 Å². The fourth-order valence-corrected chi connectivity index (χ4v) is 2.15. The van der Waals surface area contributed by atoms with Crippen LogP contribution in [-0.4, -0.2) is 9.97 Å². The summed E-state index contributed by atoms with van der Waals surface area (Å²) in [7, 11) is 0. The van der Waals surface area contributed by atoms with Gasteiger partial charge in [0.2, 0.25) is 0 Å². The van der Waals surface area contributed by atoms with Gasteiger partial charge in [0.05, 0.1) is 0 Å². The number of anilines is 1. The Morgan fingerprint density at radius 2 is 1.94 bits per heavy atom. The normalized spacial score (nSPS) is 12.5. The van der Waals surface area contributed by atoms with E-state index in [-0.39, 0.29) is 6.04 Å². The summed E-state index contributed by atoms with van der Waals surface area (Å²) in [6.45, 7) is 2.16. The number of H-pyrrole nitrogens is 1. The fraction of sp³-hybridized carbons (Fsp3) is 0.133. The summed E-state index contributed by atoms with van der Waals surface area (Å²) in [5.74, 6) is 0. The summed E-state index contributed by atoms with van der Waals surface area (Å²) in [5, 5.41) is 4.65. The van der Waals surface area contributed by atoms with Crippen molar-refractivity contribution in [2.24, 2.45) is 0 Å². The van der Waals surface area contributed by atoms with E-state index in [9.17, 15) is 0 Å². The first kappa shape index (κ1) is 10.8. The molecule has 3 heteroatoms. The molecule has 0 bridgehead atoms. The molecule has 3 rings (SSSR count). The van der Waals surface area contributed by atoms with Crippen LogP contribution in [0.25, 0.3) is 11.0 Å². The summed E-state index contributed by atoms with van der Waals surface area (Å²) in [5.41, 5.74) is 3.30. The molecule has 0 spiro atoms. The average Bonchev–Trinajstić information content (AvgIpc) is 2.89. The van der Waals surface area contributed by atoms with Crippen LogP contribution in [0.15, 0.2) is 54.9 Å². The zero-order chi connectivity index (χ0) is 12.4. The number of nitrogens with one attached hydrogen (secondary N) is 2. The Hall–Kier alpha value is -2.29. The van der Waals surface area contributed by atoms with Crippen molar-refractivity contribution in [1.82, 2.24) is 9.97 Å². The molecule has 0 unspecified atom stereocenters. The number of benzene rings is 1. The van der Waals surface area contributed by atoms with E-state index in [0.29, 0.717) is 0 Å². The molecule has 0 saturated carbocycles. The summed E-state index contributed by atoms with van der Waals surface area (Å²) < 4.78 is 0. The predicted octanol–water partition coefficient (Wildman–Crippen LogP) is 3.74. The second-order valence-electron chi connectivity index (χ2n) is 4.38. The molecule has 0 radical (unpaired) electrons. The van der Waals surface area contributed by atoms with Gasteiger partial charge < -0.3 is 10.3 Å². The van der Waals surface area contributed by atoms with Crippen molar-refractivity contribution in [3.63, 3.8) is 0 Å². The van der Waals surface area contributed by atoms with E-state index in [1.165, 1.54) is 5.56 Å². The van der Waals surface area contributed by atoms with Gasteiger partial charge in [-0.3, -0.25) is 0 Å². The van der Waals surface area contributed by atoms with Crippen LogP contribution in [0.2, 0.25) is 0 Å². The van der Waals surface area contributed by atoms with E-state index in [1.54, 1.807) is 0 Å². The monoisotopic (exact) mass is 237 g/mol. The van der Waals surface area contributed by atoms with Gasteiger partial charge in [-0.1, -0.05) is 30.3 Å². The van der Waals surface area contributed by atoms with Crippen LogP contribution >= 0.6 is 0 Å². The van der Waals surface area contributed by atoms with E-state index < -0.39 is 0 Å². The molecule has 0 fully saturated rings. The molecule has 0 amide bonds. The Morgan fingerprint density at radius 1 is 1.11 bits per heavy atom. The van der Waals surface area contributed by atoms with Crippen molar-refractivity contribution >= 4 is 16.7 Å². The number of fused-ring (bicyclic) bond motifs is 1. The summed E-state index contributed by atoms with van der Waals surface area (Å²) in [4.78, 5) is 7.41. The SMILES string of the molecule is C[C@@H](Nc1ccnc2[nH]ccc12)c1ccccc1. The van der Waals surface area contributed by atoms with Gasteiger partial charge in [-0.15, -0.1) is 0 Å². The number of aromatic amines is 1. The highest BCUT2D eigenvalue weighted by Crippen LogP contribution is 2.25. The molecular weight excluding hydrogens is 222 g/mol. The van der Waals surface area contributed by atoms with Crippen molar-refractivity contribution in [1.29, 1.82) is 0 Å². The van der Waals surface area contributed by atoms with E-state index in [1.807, 2.05) is 30.6 Å². The van der Waals surface area contributed by atoms with Gasteiger partial charge in [0, 0.05) is 29.5 Å². The molecule has 0 aliphatic carbocycles. The van der Waals surface area contributed by atoms with Crippen molar-refractivity contribution in [3.8, 4) is 0 Å². The molecule has 1 atom stereocenters. The number of aromatic nitrogens is 2. The number of rotatable bonds is 3. The van der Waals surface area contributed by atoms with E-state index in [0.717, 1.165) is 16.7 Å². The molecule has 3 aromatic rings. The van der Waals surface area contributed by atoms with Gasteiger partial charge in [0.25, 0.3) is 0 Å². The van der Waals surface area contributed by atoms with Gasteiger partial charge in [0.1, 0.15) is 5.65 Å². The molecule has 0 aliphatic heterocycles. The van der Waals surface area contributed by atoms with Gasteiger partial charge >= 0.3 is 0 Å². The Labute approximate surface area is 106 Å². The van der Waals surface area contributed by atoms with Crippen LogP contribution in [0.5, 0.6) is 0 Å². The molecule has 90 valence electrons. The summed E-state index contributed by atoms with van der Waals surface area (Å²) in [6.07, 6.45) is 3.73.